The molecule has 1 unspecified atom stereocenters. The van der Waals surface area contributed by atoms with Crippen LogP contribution in [0.1, 0.15) is 56.6 Å². The highest BCUT2D eigenvalue weighted by molar-refractivity contribution is 6.42. The summed E-state index contributed by atoms with van der Waals surface area (Å²) in [5, 5.41) is 11.3. The molecule has 3 heteroatoms. The molecule has 0 amide bonds. The average Bonchev–Trinajstić information content (AvgIpc) is 2.61. The maximum absolute atomic E-state index is 10.3. The van der Waals surface area contributed by atoms with E-state index in [2.05, 4.69) is 0 Å². The van der Waals surface area contributed by atoms with Gasteiger partial charge in [-0.25, -0.2) is 0 Å². The van der Waals surface area contributed by atoms with E-state index in [9.17, 15) is 5.11 Å². The SMILES string of the molecule is OC(CC1CCCCCC1)c1cccc(Cl)c1Cl. The first-order chi connectivity index (χ1) is 8.68. The van der Waals surface area contributed by atoms with Gasteiger partial charge in [-0.05, 0) is 18.4 Å². The lowest BCUT2D eigenvalue weighted by atomic mass is 9.91. The molecular formula is C15H20Cl2O. The van der Waals surface area contributed by atoms with Gasteiger partial charge in [0.05, 0.1) is 16.1 Å². The van der Waals surface area contributed by atoms with E-state index in [0.717, 1.165) is 12.0 Å². The third-order valence-corrected chi connectivity index (χ3v) is 4.71. The van der Waals surface area contributed by atoms with E-state index >= 15 is 0 Å². The van der Waals surface area contributed by atoms with Crippen LogP contribution < -0.4 is 0 Å². The summed E-state index contributed by atoms with van der Waals surface area (Å²) >= 11 is 12.1. The summed E-state index contributed by atoms with van der Waals surface area (Å²) in [5.74, 6) is 0.623. The molecule has 1 aliphatic rings. The molecule has 1 aromatic carbocycles. The molecule has 0 aromatic heterocycles. The van der Waals surface area contributed by atoms with Gasteiger partial charge in [0.2, 0.25) is 0 Å². The number of halogens is 2. The van der Waals surface area contributed by atoms with Crippen LogP contribution in [0.2, 0.25) is 10.0 Å². The fourth-order valence-corrected chi connectivity index (χ4v) is 3.25. The van der Waals surface area contributed by atoms with E-state index in [4.69, 9.17) is 23.2 Å². The summed E-state index contributed by atoms with van der Waals surface area (Å²) in [7, 11) is 0. The Bertz CT molecular complexity index is 384. The number of aliphatic hydroxyl groups excluding tert-OH is 1. The number of aliphatic hydroxyl groups is 1. The molecule has 0 saturated heterocycles. The molecule has 1 saturated carbocycles. The van der Waals surface area contributed by atoms with Crippen LogP contribution in [0.3, 0.4) is 0 Å². The Labute approximate surface area is 119 Å². The van der Waals surface area contributed by atoms with Crippen molar-refractivity contribution in [3.8, 4) is 0 Å². The van der Waals surface area contributed by atoms with Gasteiger partial charge < -0.3 is 5.11 Å². The second kappa shape index (κ2) is 6.79. The lowest BCUT2D eigenvalue weighted by Gasteiger charge is -2.19. The zero-order valence-electron chi connectivity index (χ0n) is 10.5. The van der Waals surface area contributed by atoms with Gasteiger partial charge in [0.25, 0.3) is 0 Å². The van der Waals surface area contributed by atoms with Crippen molar-refractivity contribution < 1.29 is 5.11 Å². The molecule has 100 valence electrons. The zero-order valence-corrected chi connectivity index (χ0v) is 12.1. The van der Waals surface area contributed by atoms with Crippen molar-refractivity contribution in [1.82, 2.24) is 0 Å². The summed E-state index contributed by atoms with van der Waals surface area (Å²) in [6.45, 7) is 0. The minimum absolute atomic E-state index is 0.487. The van der Waals surface area contributed by atoms with Gasteiger partial charge in [-0.1, -0.05) is 73.9 Å². The van der Waals surface area contributed by atoms with E-state index in [-0.39, 0.29) is 0 Å². The van der Waals surface area contributed by atoms with Crippen LogP contribution in [0, 0.1) is 5.92 Å². The Morgan fingerprint density at radius 2 is 1.78 bits per heavy atom. The molecule has 1 aromatic rings. The molecule has 0 radical (unpaired) electrons. The van der Waals surface area contributed by atoms with Crippen molar-refractivity contribution in [2.75, 3.05) is 0 Å². The van der Waals surface area contributed by atoms with Crippen molar-refractivity contribution >= 4 is 23.2 Å². The molecular weight excluding hydrogens is 267 g/mol. The second-order valence-corrected chi connectivity index (χ2v) is 6.04. The van der Waals surface area contributed by atoms with Crippen LogP contribution in [0.5, 0.6) is 0 Å². The van der Waals surface area contributed by atoms with Crippen LogP contribution in [-0.2, 0) is 0 Å². The molecule has 1 fully saturated rings. The van der Waals surface area contributed by atoms with Gasteiger partial charge in [-0.3, -0.25) is 0 Å². The third kappa shape index (κ3) is 3.63. The van der Waals surface area contributed by atoms with Gasteiger partial charge >= 0.3 is 0 Å². The van der Waals surface area contributed by atoms with Gasteiger partial charge in [0.15, 0.2) is 0 Å². The Hall–Kier alpha value is -0.240. The van der Waals surface area contributed by atoms with Gasteiger partial charge in [0.1, 0.15) is 0 Å². The molecule has 0 aliphatic heterocycles. The van der Waals surface area contributed by atoms with E-state index in [0.29, 0.717) is 16.0 Å². The molecule has 1 N–H and O–H groups in total. The zero-order chi connectivity index (χ0) is 13.0. The highest BCUT2D eigenvalue weighted by Crippen LogP contribution is 2.35. The molecule has 18 heavy (non-hydrogen) atoms. The summed E-state index contributed by atoms with van der Waals surface area (Å²) in [6.07, 6.45) is 8.04. The minimum Gasteiger partial charge on any atom is -0.388 e. The first-order valence-corrected chi connectivity index (χ1v) is 7.56. The van der Waals surface area contributed by atoms with Gasteiger partial charge in [0, 0.05) is 5.56 Å². The number of hydrogen-bond donors (Lipinski definition) is 1. The smallest absolute Gasteiger partial charge is 0.0807 e. The molecule has 1 atom stereocenters. The van der Waals surface area contributed by atoms with Crippen molar-refractivity contribution in [2.45, 2.75) is 51.0 Å². The monoisotopic (exact) mass is 286 g/mol. The molecule has 0 heterocycles. The Kier molecular flexibility index (Phi) is 5.35. The second-order valence-electron chi connectivity index (χ2n) is 5.25. The highest BCUT2D eigenvalue weighted by Gasteiger charge is 2.20. The molecule has 1 aliphatic carbocycles. The quantitative estimate of drug-likeness (QED) is 0.739. The molecule has 0 spiro atoms. The normalized spacial score (nSPS) is 19.5. The predicted molar refractivity (Wildman–Crippen MR) is 77.2 cm³/mol. The van der Waals surface area contributed by atoms with Gasteiger partial charge in [-0.15, -0.1) is 0 Å². The average molecular weight is 287 g/mol. The standard InChI is InChI=1S/C15H20Cl2O/c16-13-9-5-8-12(15(13)17)14(18)10-11-6-3-1-2-4-7-11/h5,8-9,11,14,18H,1-4,6-7,10H2. The van der Waals surface area contributed by atoms with Crippen LogP contribution >= 0.6 is 23.2 Å². The van der Waals surface area contributed by atoms with Crippen molar-refractivity contribution in [3.63, 3.8) is 0 Å². The lowest BCUT2D eigenvalue weighted by Crippen LogP contribution is -2.07. The Morgan fingerprint density at radius 3 is 2.44 bits per heavy atom. The summed E-state index contributed by atoms with van der Waals surface area (Å²) in [6, 6.07) is 5.47. The fourth-order valence-electron chi connectivity index (χ4n) is 2.82. The first-order valence-electron chi connectivity index (χ1n) is 6.80. The largest absolute Gasteiger partial charge is 0.388 e. The topological polar surface area (TPSA) is 20.2 Å². The Balaban J connectivity index is 2.02. The van der Waals surface area contributed by atoms with Crippen molar-refractivity contribution in [3.05, 3.63) is 33.8 Å². The van der Waals surface area contributed by atoms with Gasteiger partial charge in [-0.2, -0.15) is 0 Å². The predicted octanol–water partition coefficient (Wildman–Crippen LogP) is 5.39. The van der Waals surface area contributed by atoms with E-state index in [1.54, 1.807) is 6.07 Å². The molecule has 1 nitrogen and oxygen atoms in total. The van der Waals surface area contributed by atoms with Crippen LogP contribution in [-0.4, -0.2) is 5.11 Å². The Morgan fingerprint density at radius 1 is 1.11 bits per heavy atom. The number of hydrogen-bond acceptors (Lipinski definition) is 1. The fraction of sp³-hybridized carbons (Fsp3) is 0.600. The summed E-state index contributed by atoms with van der Waals surface area (Å²) < 4.78 is 0. The van der Waals surface area contributed by atoms with Crippen LogP contribution in [0.15, 0.2) is 18.2 Å². The van der Waals surface area contributed by atoms with Crippen LogP contribution in [0.4, 0.5) is 0 Å². The lowest BCUT2D eigenvalue weighted by molar-refractivity contribution is 0.139. The van der Waals surface area contributed by atoms with Crippen molar-refractivity contribution in [2.24, 2.45) is 5.92 Å². The maximum Gasteiger partial charge on any atom is 0.0807 e. The van der Waals surface area contributed by atoms with E-state index in [1.165, 1.54) is 38.5 Å². The van der Waals surface area contributed by atoms with E-state index < -0.39 is 6.10 Å². The minimum atomic E-state index is -0.487. The van der Waals surface area contributed by atoms with Crippen LogP contribution in [0.25, 0.3) is 0 Å². The highest BCUT2D eigenvalue weighted by atomic mass is 35.5. The summed E-state index contributed by atoms with van der Waals surface area (Å²) in [5.41, 5.74) is 0.772. The first kappa shape index (κ1) is 14.2. The maximum atomic E-state index is 10.3. The van der Waals surface area contributed by atoms with E-state index in [1.807, 2.05) is 12.1 Å². The number of benzene rings is 1. The van der Waals surface area contributed by atoms with Crippen molar-refractivity contribution in [1.29, 1.82) is 0 Å². The third-order valence-electron chi connectivity index (χ3n) is 3.87. The molecule has 2 rings (SSSR count). The summed E-state index contributed by atoms with van der Waals surface area (Å²) in [4.78, 5) is 0. The number of rotatable bonds is 3. The molecule has 0 bridgehead atoms.